The number of para-hydroxylation sites is 1. The van der Waals surface area contributed by atoms with Gasteiger partial charge in [0, 0.05) is 43.8 Å². The highest BCUT2D eigenvalue weighted by molar-refractivity contribution is 5.94. The molecule has 0 saturated carbocycles. The Kier molecular flexibility index (Phi) is 10.9. The van der Waals surface area contributed by atoms with Crippen molar-refractivity contribution in [2.75, 3.05) is 40.0 Å². The summed E-state index contributed by atoms with van der Waals surface area (Å²) >= 11 is 0. The highest BCUT2D eigenvalue weighted by Crippen LogP contribution is 2.34. The van der Waals surface area contributed by atoms with Crippen molar-refractivity contribution >= 4 is 36.2 Å². The van der Waals surface area contributed by atoms with Crippen LogP contribution in [0.1, 0.15) is 57.1 Å². The van der Waals surface area contributed by atoms with Crippen LogP contribution in [0, 0.1) is 0 Å². The summed E-state index contributed by atoms with van der Waals surface area (Å²) in [5.74, 6) is -0.117. The second kappa shape index (κ2) is 14.4. The molecule has 42 heavy (non-hydrogen) atoms. The lowest BCUT2D eigenvalue weighted by Gasteiger charge is -2.39. The molecule has 1 aromatic rings. The van der Waals surface area contributed by atoms with E-state index in [1.165, 1.54) is 0 Å². The lowest BCUT2D eigenvalue weighted by molar-refractivity contribution is -0.145. The molecule has 0 unspecified atom stereocenters. The van der Waals surface area contributed by atoms with Gasteiger partial charge in [0.15, 0.2) is 0 Å². The van der Waals surface area contributed by atoms with E-state index in [0.29, 0.717) is 52.0 Å². The first kappa shape index (κ1) is 31.8. The van der Waals surface area contributed by atoms with Crippen molar-refractivity contribution in [3.05, 3.63) is 29.8 Å². The van der Waals surface area contributed by atoms with E-state index in [1.54, 1.807) is 23.8 Å². The van der Waals surface area contributed by atoms with E-state index in [4.69, 9.17) is 9.47 Å². The van der Waals surface area contributed by atoms with Gasteiger partial charge in [-0.25, -0.2) is 4.79 Å². The third-order valence-corrected chi connectivity index (χ3v) is 8.75. The Morgan fingerprint density at radius 2 is 1.69 bits per heavy atom. The fourth-order valence-electron chi connectivity index (χ4n) is 6.22. The molecule has 4 N–H and O–H groups in total. The number of halogens is 1. The van der Waals surface area contributed by atoms with Crippen molar-refractivity contribution in [3.8, 4) is 5.75 Å². The van der Waals surface area contributed by atoms with E-state index in [0.717, 1.165) is 24.2 Å². The maximum Gasteiger partial charge on any atom is 0.317 e. The molecule has 13 heteroatoms. The number of likely N-dealkylation sites (N-methyl/N-ethyl adjacent to an activating group) is 1. The van der Waals surface area contributed by atoms with E-state index in [9.17, 15) is 19.2 Å². The van der Waals surface area contributed by atoms with Gasteiger partial charge in [0.1, 0.15) is 17.8 Å². The number of benzene rings is 1. The maximum atomic E-state index is 14.1. The number of urea groups is 1. The minimum Gasteiger partial charge on any atom is -0.493 e. The first-order valence-corrected chi connectivity index (χ1v) is 14.8. The van der Waals surface area contributed by atoms with Gasteiger partial charge in [-0.3, -0.25) is 14.4 Å². The molecule has 0 bridgehead atoms. The summed E-state index contributed by atoms with van der Waals surface area (Å²) in [4.78, 5) is 57.3. The molecule has 4 aliphatic heterocycles. The number of nitrogens with zero attached hydrogens (tertiary/aromatic N) is 2. The van der Waals surface area contributed by atoms with Crippen LogP contribution in [-0.2, 0) is 19.1 Å². The summed E-state index contributed by atoms with van der Waals surface area (Å²) < 4.78 is 11.2. The highest BCUT2D eigenvalue weighted by atomic mass is 35.5. The van der Waals surface area contributed by atoms with Crippen LogP contribution in [0.15, 0.2) is 24.3 Å². The number of fused-ring (bicyclic) bond motifs is 2. The SMILES string of the molecule is CN[C@@H](C)C(=O)N[C@H]1CN(C(=O)NC2CCOCC2)CC[C@H]2CC[C@@H](C(=O)N[C@@H]3CCOc4ccccc43)N2C1=O.Cl. The van der Waals surface area contributed by atoms with E-state index in [-0.39, 0.29) is 60.8 Å². The van der Waals surface area contributed by atoms with Crippen LogP contribution in [0.3, 0.4) is 0 Å². The van der Waals surface area contributed by atoms with Gasteiger partial charge in [0.2, 0.25) is 17.7 Å². The van der Waals surface area contributed by atoms with E-state index >= 15 is 0 Å². The maximum absolute atomic E-state index is 14.1. The van der Waals surface area contributed by atoms with Gasteiger partial charge in [-0.15, -0.1) is 12.4 Å². The van der Waals surface area contributed by atoms with Crippen LogP contribution in [0.5, 0.6) is 5.75 Å². The Bertz CT molecular complexity index is 1130. The number of rotatable bonds is 6. The molecule has 3 saturated heterocycles. The molecular weight excluding hydrogens is 564 g/mol. The van der Waals surface area contributed by atoms with Crippen LogP contribution < -0.4 is 26.0 Å². The van der Waals surface area contributed by atoms with Crippen LogP contribution >= 0.6 is 12.4 Å². The van der Waals surface area contributed by atoms with Gasteiger partial charge in [-0.2, -0.15) is 0 Å². The zero-order valence-electron chi connectivity index (χ0n) is 24.3. The molecule has 0 aliphatic carbocycles. The summed E-state index contributed by atoms with van der Waals surface area (Å²) in [6.45, 7) is 3.86. The molecule has 232 valence electrons. The molecule has 4 heterocycles. The predicted octanol–water partition coefficient (Wildman–Crippen LogP) is 1.09. The lowest BCUT2D eigenvalue weighted by Crippen LogP contribution is -2.63. The number of carbonyl (C=O) groups excluding carboxylic acids is 4. The predicted molar refractivity (Wildman–Crippen MR) is 157 cm³/mol. The molecule has 4 aliphatic rings. The summed E-state index contributed by atoms with van der Waals surface area (Å²) in [5, 5.41) is 12.0. The molecule has 0 spiro atoms. The van der Waals surface area contributed by atoms with Crippen LogP contribution in [0.2, 0.25) is 0 Å². The molecular formula is C29H43ClN6O6. The number of carbonyl (C=O) groups is 4. The van der Waals surface area contributed by atoms with Gasteiger partial charge in [-0.1, -0.05) is 18.2 Å². The molecule has 3 fully saturated rings. The van der Waals surface area contributed by atoms with Crippen molar-refractivity contribution in [2.45, 2.75) is 81.7 Å². The van der Waals surface area contributed by atoms with Crippen molar-refractivity contribution in [1.29, 1.82) is 0 Å². The van der Waals surface area contributed by atoms with Crippen molar-refractivity contribution in [1.82, 2.24) is 31.1 Å². The van der Waals surface area contributed by atoms with Crippen molar-refractivity contribution in [3.63, 3.8) is 0 Å². The van der Waals surface area contributed by atoms with Crippen molar-refractivity contribution in [2.24, 2.45) is 0 Å². The van der Waals surface area contributed by atoms with Crippen LogP contribution in [0.4, 0.5) is 4.79 Å². The highest BCUT2D eigenvalue weighted by Gasteiger charge is 2.46. The second-order valence-corrected chi connectivity index (χ2v) is 11.4. The number of ether oxygens (including phenoxy) is 2. The summed E-state index contributed by atoms with van der Waals surface area (Å²) in [7, 11) is 1.67. The van der Waals surface area contributed by atoms with E-state index < -0.39 is 18.1 Å². The Morgan fingerprint density at radius 3 is 2.45 bits per heavy atom. The van der Waals surface area contributed by atoms with Gasteiger partial charge in [0.25, 0.3) is 0 Å². The number of amides is 5. The Balaban J connectivity index is 0.00000405. The molecule has 5 atom stereocenters. The normalized spacial score (nSPS) is 26.8. The minimum atomic E-state index is -0.973. The first-order chi connectivity index (χ1) is 19.9. The standard InChI is InChI=1S/C29H42N6O6.ClH/c1-18(30-2)26(36)33-23-17-34(29(39)31-19-10-14-40-15-11-19)13-9-20-7-8-24(35(20)28(23)38)27(37)32-22-12-16-41-25-6-4-3-5-21(22)25;/h3-6,18-20,22-24,30H,7-17H2,1-2H3,(H,31,39)(H,32,37)(H,33,36);1H/t18-,20+,22+,23-,24-;/m0./s1. The minimum absolute atomic E-state index is 0. The third kappa shape index (κ3) is 7.09. The van der Waals surface area contributed by atoms with Crippen LogP contribution in [0.25, 0.3) is 0 Å². The molecule has 5 rings (SSSR count). The second-order valence-electron chi connectivity index (χ2n) is 11.4. The first-order valence-electron chi connectivity index (χ1n) is 14.8. The molecule has 12 nitrogen and oxygen atoms in total. The van der Waals surface area contributed by atoms with Gasteiger partial charge in [-0.05, 0) is 52.1 Å². The van der Waals surface area contributed by atoms with Gasteiger partial charge in [0.05, 0.1) is 25.2 Å². The Morgan fingerprint density at radius 1 is 0.929 bits per heavy atom. The number of hydrogen-bond donors (Lipinski definition) is 4. The zero-order chi connectivity index (χ0) is 28.9. The molecule has 1 aromatic carbocycles. The topological polar surface area (TPSA) is 141 Å². The van der Waals surface area contributed by atoms with Crippen LogP contribution in [-0.4, -0.2) is 104 Å². The Labute approximate surface area is 253 Å². The van der Waals surface area contributed by atoms with E-state index in [2.05, 4.69) is 21.3 Å². The van der Waals surface area contributed by atoms with Gasteiger partial charge < -0.3 is 40.5 Å². The molecule has 0 radical (unpaired) electrons. The summed E-state index contributed by atoms with van der Waals surface area (Å²) in [6, 6.07) is 4.88. The summed E-state index contributed by atoms with van der Waals surface area (Å²) in [5.41, 5.74) is 0.929. The van der Waals surface area contributed by atoms with Gasteiger partial charge >= 0.3 is 6.03 Å². The van der Waals surface area contributed by atoms with Crippen molar-refractivity contribution < 1.29 is 28.7 Å². The average molecular weight is 607 g/mol. The largest absolute Gasteiger partial charge is 0.493 e. The Hall–Kier alpha value is -3.09. The fourth-order valence-corrected chi connectivity index (χ4v) is 6.22. The molecule has 5 amide bonds. The fraction of sp³-hybridized carbons (Fsp3) is 0.655. The zero-order valence-corrected chi connectivity index (χ0v) is 25.1. The number of hydrogen-bond acceptors (Lipinski definition) is 7. The number of nitrogens with one attached hydrogen (secondary N) is 4. The van der Waals surface area contributed by atoms with E-state index in [1.807, 2.05) is 24.3 Å². The smallest absolute Gasteiger partial charge is 0.317 e. The third-order valence-electron chi connectivity index (χ3n) is 8.75. The molecule has 0 aromatic heterocycles. The quantitative estimate of drug-likeness (QED) is 0.380. The lowest BCUT2D eigenvalue weighted by atomic mass is 10.00. The monoisotopic (exact) mass is 606 g/mol. The summed E-state index contributed by atoms with van der Waals surface area (Å²) in [6.07, 6.45) is 3.85. The average Bonchev–Trinajstić information content (AvgIpc) is 3.41.